The summed E-state index contributed by atoms with van der Waals surface area (Å²) in [6, 6.07) is 4.91. The number of phenolic OH excluding ortho intramolecular Hbond substituents is 1. The first kappa shape index (κ1) is 12.2. The molecule has 0 fully saturated rings. The van der Waals surface area contributed by atoms with Gasteiger partial charge in [0.15, 0.2) is 0 Å². The van der Waals surface area contributed by atoms with Crippen molar-refractivity contribution in [1.29, 1.82) is 0 Å². The van der Waals surface area contributed by atoms with Crippen LogP contribution < -0.4 is 5.32 Å². The standard InChI is InChI=1S/C12H15NO3/c1-8-3-5-10(7-11(8)15)13-12(16)6-4-9(2)14/h3,5,7,15H,4,6H2,1-2H3,(H,13,16). The van der Waals surface area contributed by atoms with E-state index in [1.165, 1.54) is 13.0 Å². The fourth-order valence-corrected chi connectivity index (χ4v) is 1.20. The Kier molecular flexibility index (Phi) is 4.05. The second kappa shape index (κ2) is 5.30. The lowest BCUT2D eigenvalue weighted by Crippen LogP contribution is -2.12. The third kappa shape index (κ3) is 3.73. The van der Waals surface area contributed by atoms with Gasteiger partial charge < -0.3 is 15.2 Å². The molecule has 1 aromatic carbocycles. The van der Waals surface area contributed by atoms with Crippen LogP contribution in [0.2, 0.25) is 0 Å². The Bertz CT molecular complexity index is 413. The number of hydrogen-bond acceptors (Lipinski definition) is 3. The Morgan fingerprint density at radius 3 is 2.56 bits per heavy atom. The summed E-state index contributed by atoms with van der Waals surface area (Å²) in [5, 5.41) is 12.0. The molecule has 86 valence electrons. The van der Waals surface area contributed by atoms with E-state index in [9.17, 15) is 14.7 Å². The van der Waals surface area contributed by atoms with Crippen molar-refractivity contribution in [2.75, 3.05) is 5.32 Å². The lowest BCUT2D eigenvalue weighted by molar-refractivity contribution is -0.121. The molecule has 0 aliphatic heterocycles. The minimum absolute atomic E-state index is 0.0121. The Morgan fingerprint density at radius 2 is 2.00 bits per heavy atom. The maximum Gasteiger partial charge on any atom is 0.224 e. The van der Waals surface area contributed by atoms with E-state index in [1.54, 1.807) is 19.1 Å². The Morgan fingerprint density at radius 1 is 1.31 bits per heavy atom. The Labute approximate surface area is 94.3 Å². The maximum absolute atomic E-state index is 11.4. The molecular formula is C12H15NO3. The summed E-state index contributed by atoms with van der Waals surface area (Å²) in [5.41, 5.74) is 1.29. The van der Waals surface area contributed by atoms with E-state index in [1.807, 2.05) is 0 Å². The van der Waals surface area contributed by atoms with Crippen molar-refractivity contribution in [3.05, 3.63) is 23.8 Å². The molecular weight excluding hydrogens is 206 g/mol. The number of hydrogen-bond donors (Lipinski definition) is 2. The molecule has 0 saturated heterocycles. The van der Waals surface area contributed by atoms with Gasteiger partial charge in [-0.05, 0) is 25.5 Å². The molecule has 0 aliphatic carbocycles. The van der Waals surface area contributed by atoms with Crippen molar-refractivity contribution in [2.24, 2.45) is 0 Å². The second-order valence-corrected chi connectivity index (χ2v) is 3.75. The van der Waals surface area contributed by atoms with Crippen LogP contribution in [0.4, 0.5) is 5.69 Å². The lowest BCUT2D eigenvalue weighted by atomic mass is 10.2. The van der Waals surface area contributed by atoms with E-state index in [4.69, 9.17) is 0 Å². The van der Waals surface area contributed by atoms with Crippen molar-refractivity contribution in [1.82, 2.24) is 0 Å². The first-order valence-electron chi connectivity index (χ1n) is 5.08. The highest BCUT2D eigenvalue weighted by Crippen LogP contribution is 2.20. The number of rotatable bonds is 4. The van der Waals surface area contributed by atoms with Crippen LogP contribution in [0.5, 0.6) is 5.75 Å². The third-order valence-electron chi connectivity index (χ3n) is 2.20. The highest BCUT2D eigenvalue weighted by Gasteiger charge is 2.05. The number of benzene rings is 1. The molecule has 0 saturated carbocycles. The normalized spacial score (nSPS) is 9.88. The smallest absolute Gasteiger partial charge is 0.224 e. The van der Waals surface area contributed by atoms with Gasteiger partial charge in [0.05, 0.1) is 0 Å². The van der Waals surface area contributed by atoms with Gasteiger partial charge in [-0.15, -0.1) is 0 Å². The molecule has 0 aliphatic rings. The fraction of sp³-hybridized carbons (Fsp3) is 0.333. The molecule has 0 atom stereocenters. The van der Waals surface area contributed by atoms with Crippen LogP contribution in [0.3, 0.4) is 0 Å². The Balaban J connectivity index is 2.56. The number of aromatic hydroxyl groups is 1. The van der Waals surface area contributed by atoms with Gasteiger partial charge in [0.25, 0.3) is 0 Å². The molecule has 1 rings (SSSR count). The predicted molar refractivity (Wildman–Crippen MR) is 61.4 cm³/mol. The number of amides is 1. The van der Waals surface area contributed by atoms with E-state index < -0.39 is 0 Å². The van der Waals surface area contributed by atoms with Gasteiger partial charge in [-0.1, -0.05) is 6.07 Å². The Hall–Kier alpha value is -1.84. The van der Waals surface area contributed by atoms with Gasteiger partial charge in [0.2, 0.25) is 5.91 Å². The van der Waals surface area contributed by atoms with Crippen LogP contribution in [0.25, 0.3) is 0 Å². The van der Waals surface area contributed by atoms with E-state index in [-0.39, 0.29) is 30.3 Å². The maximum atomic E-state index is 11.4. The number of nitrogens with one attached hydrogen (secondary N) is 1. The highest BCUT2D eigenvalue weighted by atomic mass is 16.3. The average molecular weight is 221 g/mol. The van der Waals surface area contributed by atoms with Crippen LogP contribution in [-0.4, -0.2) is 16.8 Å². The first-order chi connectivity index (χ1) is 7.49. The van der Waals surface area contributed by atoms with Gasteiger partial charge in [0.1, 0.15) is 11.5 Å². The minimum atomic E-state index is -0.224. The van der Waals surface area contributed by atoms with Crippen LogP contribution in [-0.2, 0) is 9.59 Å². The van der Waals surface area contributed by atoms with Crippen LogP contribution in [0.15, 0.2) is 18.2 Å². The summed E-state index contributed by atoms with van der Waals surface area (Å²) in [7, 11) is 0. The summed E-state index contributed by atoms with van der Waals surface area (Å²) < 4.78 is 0. The molecule has 0 radical (unpaired) electrons. The second-order valence-electron chi connectivity index (χ2n) is 3.75. The summed E-state index contributed by atoms with van der Waals surface area (Å²) in [5.74, 6) is -0.0928. The zero-order chi connectivity index (χ0) is 12.1. The van der Waals surface area contributed by atoms with Gasteiger partial charge in [-0.3, -0.25) is 4.79 Å². The van der Waals surface area contributed by atoms with E-state index >= 15 is 0 Å². The van der Waals surface area contributed by atoms with Gasteiger partial charge in [0, 0.05) is 24.6 Å². The van der Waals surface area contributed by atoms with Crippen molar-refractivity contribution in [3.8, 4) is 5.75 Å². The summed E-state index contributed by atoms with van der Waals surface area (Å²) >= 11 is 0. The molecule has 0 aromatic heterocycles. The number of ketones is 1. The molecule has 16 heavy (non-hydrogen) atoms. The largest absolute Gasteiger partial charge is 0.508 e. The number of carbonyl (C=O) groups excluding carboxylic acids is 2. The van der Waals surface area contributed by atoms with Crippen LogP contribution >= 0.6 is 0 Å². The fourth-order valence-electron chi connectivity index (χ4n) is 1.20. The van der Waals surface area contributed by atoms with E-state index in [0.717, 1.165) is 5.56 Å². The lowest BCUT2D eigenvalue weighted by Gasteiger charge is -2.06. The number of phenols is 1. The minimum Gasteiger partial charge on any atom is -0.508 e. The molecule has 0 spiro atoms. The quantitative estimate of drug-likeness (QED) is 0.817. The molecule has 1 amide bonds. The number of Topliss-reactive ketones (excluding diaryl/α,β-unsaturated/α-hetero) is 1. The molecule has 4 heteroatoms. The van der Waals surface area contributed by atoms with E-state index in [2.05, 4.69) is 5.32 Å². The first-order valence-corrected chi connectivity index (χ1v) is 5.08. The topological polar surface area (TPSA) is 66.4 Å². The molecule has 0 bridgehead atoms. The molecule has 0 heterocycles. The van der Waals surface area contributed by atoms with Gasteiger partial charge in [-0.25, -0.2) is 0 Å². The summed E-state index contributed by atoms with van der Waals surface area (Å²) in [6.45, 7) is 3.22. The van der Waals surface area contributed by atoms with E-state index in [0.29, 0.717) is 5.69 Å². The number of aryl methyl sites for hydroxylation is 1. The zero-order valence-electron chi connectivity index (χ0n) is 9.41. The molecule has 2 N–H and O–H groups in total. The van der Waals surface area contributed by atoms with Crippen LogP contribution in [0, 0.1) is 6.92 Å². The van der Waals surface area contributed by atoms with Crippen molar-refractivity contribution >= 4 is 17.4 Å². The van der Waals surface area contributed by atoms with Crippen molar-refractivity contribution < 1.29 is 14.7 Å². The third-order valence-corrected chi connectivity index (χ3v) is 2.20. The average Bonchev–Trinajstić information content (AvgIpc) is 2.21. The monoisotopic (exact) mass is 221 g/mol. The highest BCUT2D eigenvalue weighted by molar-refractivity contribution is 5.93. The number of anilines is 1. The summed E-state index contributed by atoms with van der Waals surface area (Å²) in [6.07, 6.45) is 0.410. The van der Waals surface area contributed by atoms with Gasteiger partial charge >= 0.3 is 0 Å². The molecule has 4 nitrogen and oxygen atoms in total. The molecule has 1 aromatic rings. The van der Waals surface area contributed by atoms with Crippen LogP contribution in [0.1, 0.15) is 25.3 Å². The predicted octanol–water partition coefficient (Wildman–Crippen LogP) is 2.01. The van der Waals surface area contributed by atoms with Gasteiger partial charge in [-0.2, -0.15) is 0 Å². The molecule has 0 unspecified atom stereocenters. The van der Waals surface area contributed by atoms with Crippen molar-refractivity contribution in [2.45, 2.75) is 26.7 Å². The zero-order valence-corrected chi connectivity index (χ0v) is 9.41. The van der Waals surface area contributed by atoms with Crippen molar-refractivity contribution in [3.63, 3.8) is 0 Å². The number of carbonyl (C=O) groups is 2. The SMILES string of the molecule is CC(=O)CCC(=O)Nc1ccc(C)c(O)c1. The summed E-state index contributed by atoms with van der Waals surface area (Å²) in [4.78, 5) is 22.0.